The van der Waals surface area contributed by atoms with Crippen molar-refractivity contribution in [3.8, 4) is 0 Å². The molecule has 1 aromatic heterocycles. The van der Waals surface area contributed by atoms with E-state index >= 15 is 0 Å². The number of hydrogen-bond donors (Lipinski definition) is 0. The summed E-state index contributed by atoms with van der Waals surface area (Å²) in [7, 11) is 1.92. The van der Waals surface area contributed by atoms with E-state index in [1.54, 1.807) is 0 Å². The van der Waals surface area contributed by atoms with Crippen molar-refractivity contribution in [2.75, 3.05) is 33.2 Å². The zero-order valence-electron chi connectivity index (χ0n) is 17.9. The van der Waals surface area contributed by atoms with Gasteiger partial charge in [0.1, 0.15) is 0 Å². The monoisotopic (exact) mass is 405 g/mol. The van der Waals surface area contributed by atoms with Crippen LogP contribution in [0.4, 0.5) is 0 Å². The van der Waals surface area contributed by atoms with Crippen LogP contribution in [-0.2, 0) is 22.6 Å². The van der Waals surface area contributed by atoms with Crippen LogP contribution in [0.2, 0.25) is 0 Å². The number of amides is 2. The molecule has 8 nitrogen and oxygen atoms in total. The Labute approximate surface area is 173 Å². The molecule has 1 aliphatic heterocycles. The van der Waals surface area contributed by atoms with Crippen molar-refractivity contribution < 1.29 is 14.1 Å². The highest BCUT2D eigenvalue weighted by atomic mass is 16.5. The fourth-order valence-corrected chi connectivity index (χ4v) is 4.25. The Balaban J connectivity index is 1.39. The number of aromatic nitrogens is 2. The predicted octanol–water partition coefficient (Wildman–Crippen LogP) is 2.24. The third-order valence-corrected chi connectivity index (χ3v) is 6.13. The molecular weight excluding hydrogens is 370 g/mol. The molecule has 1 saturated heterocycles. The Bertz CT molecular complexity index is 663. The first-order valence-corrected chi connectivity index (χ1v) is 11.1. The molecular formula is C21H35N5O3. The molecule has 1 aromatic rings. The second-order valence-electron chi connectivity index (χ2n) is 8.31. The summed E-state index contributed by atoms with van der Waals surface area (Å²) in [4.78, 5) is 35.0. The Kier molecular flexibility index (Phi) is 8.03. The summed E-state index contributed by atoms with van der Waals surface area (Å²) in [6.07, 6.45) is 8.37. The van der Waals surface area contributed by atoms with Crippen molar-refractivity contribution >= 4 is 11.8 Å². The van der Waals surface area contributed by atoms with Gasteiger partial charge in [-0.2, -0.15) is 4.98 Å². The van der Waals surface area contributed by atoms with Crippen molar-refractivity contribution in [3.05, 3.63) is 11.7 Å². The minimum absolute atomic E-state index is 0.157. The molecule has 2 fully saturated rings. The second-order valence-corrected chi connectivity index (χ2v) is 8.31. The molecule has 0 spiro atoms. The summed E-state index contributed by atoms with van der Waals surface area (Å²) in [5, 5.41) is 4.07. The van der Waals surface area contributed by atoms with Crippen LogP contribution in [0.15, 0.2) is 4.52 Å². The first kappa shape index (κ1) is 21.7. The average molecular weight is 406 g/mol. The quantitative estimate of drug-likeness (QED) is 0.660. The maximum absolute atomic E-state index is 12.5. The van der Waals surface area contributed by atoms with Gasteiger partial charge in [0.05, 0.1) is 6.54 Å². The van der Waals surface area contributed by atoms with Crippen molar-refractivity contribution in [2.45, 2.75) is 77.3 Å². The molecule has 8 heteroatoms. The van der Waals surface area contributed by atoms with Gasteiger partial charge >= 0.3 is 0 Å². The van der Waals surface area contributed by atoms with E-state index in [4.69, 9.17) is 4.52 Å². The number of nitrogens with zero attached hydrogens (tertiary/aromatic N) is 5. The van der Waals surface area contributed by atoms with Crippen molar-refractivity contribution in [2.24, 2.45) is 0 Å². The average Bonchev–Trinajstić information content (AvgIpc) is 3.20. The minimum Gasteiger partial charge on any atom is -0.343 e. The van der Waals surface area contributed by atoms with Gasteiger partial charge in [0.15, 0.2) is 5.82 Å². The van der Waals surface area contributed by atoms with Crippen LogP contribution in [-0.4, -0.2) is 75.9 Å². The lowest BCUT2D eigenvalue weighted by molar-refractivity contribution is -0.133. The molecule has 2 aliphatic rings. The van der Waals surface area contributed by atoms with Crippen LogP contribution in [0.5, 0.6) is 0 Å². The third-order valence-electron chi connectivity index (χ3n) is 6.13. The van der Waals surface area contributed by atoms with Crippen molar-refractivity contribution in [3.63, 3.8) is 0 Å². The van der Waals surface area contributed by atoms with E-state index in [2.05, 4.69) is 15.0 Å². The number of piperazine rings is 1. The smallest absolute Gasteiger partial charge is 0.227 e. The fraction of sp³-hybridized carbons (Fsp3) is 0.810. The van der Waals surface area contributed by atoms with Crippen LogP contribution in [0.3, 0.4) is 0 Å². The lowest BCUT2D eigenvalue weighted by atomic mass is 9.94. The highest BCUT2D eigenvalue weighted by Crippen LogP contribution is 2.22. The van der Waals surface area contributed by atoms with E-state index in [0.717, 1.165) is 45.4 Å². The molecule has 162 valence electrons. The van der Waals surface area contributed by atoms with Gasteiger partial charge in [-0.1, -0.05) is 31.3 Å². The first-order valence-electron chi connectivity index (χ1n) is 11.1. The van der Waals surface area contributed by atoms with Crippen LogP contribution in [0.25, 0.3) is 0 Å². The van der Waals surface area contributed by atoms with Crippen molar-refractivity contribution in [1.82, 2.24) is 24.8 Å². The molecule has 29 heavy (non-hydrogen) atoms. The van der Waals surface area contributed by atoms with E-state index in [1.807, 2.05) is 23.8 Å². The van der Waals surface area contributed by atoms with Crippen LogP contribution >= 0.6 is 0 Å². The molecule has 0 bridgehead atoms. The van der Waals surface area contributed by atoms with Gasteiger partial charge in [-0.05, 0) is 19.3 Å². The zero-order valence-corrected chi connectivity index (χ0v) is 17.9. The summed E-state index contributed by atoms with van der Waals surface area (Å²) < 4.78 is 5.35. The number of carbonyl (C=O) groups is 2. The summed E-state index contributed by atoms with van der Waals surface area (Å²) in [6.45, 7) is 5.81. The van der Waals surface area contributed by atoms with E-state index in [-0.39, 0.29) is 11.8 Å². The topological polar surface area (TPSA) is 82.8 Å². The Morgan fingerprint density at radius 2 is 1.83 bits per heavy atom. The van der Waals surface area contributed by atoms with Gasteiger partial charge in [-0.3, -0.25) is 14.5 Å². The maximum Gasteiger partial charge on any atom is 0.227 e. The minimum atomic E-state index is 0.157. The molecule has 0 N–H and O–H groups in total. The van der Waals surface area contributed by atoms with Gasteiger partial charge in [0, 0.05) is 58.5 Å². The Morgan fingerprint density at radius 3 is 2.52 bits per heavy atom. The largest absolute Gasteiger partial charge is 0.343 e. The van der Waals surface area contributed by atoms with E-state index in [1.165, 1.54) is 19.3 Å². The maximum atomic E-state index is 12.5. The normalized spacial score (nSPS) is 18.8. The molecule has 1 aliphatic carbocycles. The molecule has 0 atom stereocenters. The van der Waals surface area contributed by atoms with Gasteiger partial charge in [-0.25, -0.2) is 0 Å². The highest BCUT2D eigenvalue weighted by molar-refractivity contribution is 5.76. The molecule has 2 amide bonds. The molecule has 3 rings (SSSR count). The summed E-state index contributed by atoms with van der Waals surface area (Å²) in [5.74, 6) is 1.59. The molecule has 0 radical (unpaired) electrons. The first-order chi connectivity index (χ1) is 14.1. The fourth-order valence-electron chi connectivity index (χ4n) is 4.25. The lowest BCUT2D eigenvalue weighted by Crippen LogP contribution is -2.48. The zero-order chi connectivity index (χ0) is 20.6. The van der Waals surface area contributed by atoms with Gasteiger partial charge in [0.25, 0.3) is 0 Å². The van der Waals surface area contributed by atoms with E-state index in [0.29, 0.717) is 43.6 Å². The van der Waals surface area contributed by atoms with Crippen LogP contribution in [0.1, 0.15) is 70.0 Å². The summed E-state index contributed by atoms with van der Waals surface area (Å²) in [6, 6.07) is 0.386. The number of rotatable bonds is 8. The van der Waals surface area contributed by atoms with Gasteiger partial charge < -0.3 is 14.3 Å². The number of aryl methyl sites for hydroxylation is 1. The predicted molar refractivity (Wildman–Crippen MR) is 109 cm³/mol. The van der Waals surface area contributed by atoms with E-state index < -0.39 is 0 Å². The highest BCUT2D eigenvalue weighted by Gasteiger charge is 2.23. The number of hydrogen-bond acceptors (Lipinski definition) is 6. The van der Waals surface area contributed by atoms with Crippen molar-refractivity contribution in [1.29, 1.82) is 0 Å². The second kappa shape index (κ2) is 10.7. The Morgan fingerprint density at radius 1 is 1.10 bits per heavy atom. The summed E-state index contributed by atoms with van der Waals surface area (Å²) >= 11 is 0. The molecule has 1 saturated carbocycles. The Hall–Kier alpha value is -1.96. The molecule has 0 unspecified atom stereocenters. The standard InChI is InChI=1S/C21H35N5O3/c1-3-7-21(28)26-14-12-25(13-15-26)16-18-22-19(29-23-18)10-11-20(27)24(2)17-8-5-4-6-9-17/h17H,3-16H2,1-2H3. The van der Waals surface area contributed by atoms with Gasteiger partial charge in [0.2, 0.25) is 17.7 Å². The van der Waals surface area contributed by atoms with Crippen LogP contribution < -0.4 is 0 Å². The lowest BCUT2D eigenvalue weighted by Gasteiger charge is -2.34. The van der Waals surface area contributed by atoms with Crippen LogP contribution in [0, 0.1) is 0 Å². The third kappa shape index (κ3) is 6.26. The SMILES string of the molecule is CCCC(=O)N1CCN(Cc2noc(CCC(=O)N(C)C3CCCCC3)n2)CC1. The number of carbonyl (C=O) groups excluding carboxylic acids is 2. The molecule has 0 aromatic carbocycles. The molecule has 2 heterocycles. The van der Waals surface area contributed by atoms with E-state index in [9.17, 15) is 9.59 Å². The summed E-state index contributed by atoms with van der Waals surface area (Å²) in [5.41, 5.74) is 0. The van der Waals surface area contributed by atoms with Gasteiger partial charge in [-0.15, -0.1) is 0 Å².